The third kappa shape index (κ3) is 5.80. The van der Waals surface area contributed by atoms with Crippen LogP contribution in [0.15, 0.2) is 35.3 Å². The summed E-state index contributed by atoms with van der Waals surface area (Å²) in [5, 5.41) is 0.628. The molecule has 7 heteroatoms. The number of hydrogen-bond donors (Lipinski definition) is 1. The number of nitrogens with one attached hydrogen (secondary N) is 1. The molecule has 0 atom stereocenters. The first-order valence-electron chi connectivity index (χ1n) is 7.83. The first-order valence-corrected chi connectivity index (χ1v) is 8.59. The van der Waals surface area contributed by atoms with Crippen LogP contribution < -0.4 is 10.2 Å². The molecule has 1 aromatic carbocycles. The Kier molecular flexibility index (Phi) is 6.91. The summed E-state index contributed by atoms with van der Waals surface area (Å²) in [5.41, 5.74) is 0.489. The second-order valence-electron chi connectivity index (χ2n) is 5.92. The van der Waals surface area contributed by atoms with E-state index in [1.165, 1.54) is 30.5 Å². The van der Waals surface area contributed by atoms with Gasteiger partial charge in [0.15, 0.2) is 5.75 Å². The van der Waals surface area contributed by atoms with E-state index in [1.54, 1.807) is 0 Å². The molecule has 5 nitrogen and oxygen atoms in total. The summed E-state index contributed by atoms with van der Waals surface area (Å²) in [6, 6.07) is 5.82. The van der Waals surface area contributed by atoms with Gasteiger partial charge in [0.1, 0.15) is 6.61 Å². The van der Waals surface area contributed by atoms with Gasteiger partial charge in [-0.1, -0.05) is 37.0 Å². The van der Waals surface area contributed by atoms with E-state index in [9.17, 15) is 9.59 Å². The van der Waals surface area contributed by atoms with Crippen LogP contribution >= 0.6 is 23.2 Å². The Morgan fingerprint density at radius 2 is 1.96 bits per heavy atom. The molecule has 0 aliphatic carbocycles. The number of carbonyl (C=O) groups is 1. The zero-order chi connectivity index (χ0) is 18.4. The first kappa shape index (κ1) is 19.3. The molecule has 1 N–H and O–H groups in total. The summed E-state index contributed by atoms with van der Waals surface area (Å²) in [7, 11) is 0. The van der Waals surface area contributed by atoms with Gasteiger partial charge in [-0.3, -0.25) is 4.79 Å². The molecule has 2 aromatic rings. The van der Waals surface area contributed by atoms with E-state index in [2.05, 4.69) is 18.8 Å². The molecule has 2 rings (SSSR count). The second kappa shape index (κ2) is 8.92. The van der Waals surface area contributed by atoms with E-state index < -0.39 is 5.97 Å². The van der Waals surface area contributed by atoms with Gasteiger partial charge >= 0.3 is 5.97 Å². The average Bonchev–Trinajstić information content (AvgIpc) is 2.56. The van der Waals surface area contributed by atoms with Gasteiger partial charge in [-0.15, -0.1) is 0 Å². The molecule has 0 amide bonds. The van der Waals surface area contributed by atoms with Crippen molar-refractivity contribution in [2.24, 2.45) is 5.92 Å². The lowest BCUT2D eigenvalue weighted by molar-refractivity contribution is 0.0467. The predicted molar refractivity (Wildman–Crippen MR) is 97.6 cm³/mol. The molecule has 1 heterocycles. The van der Waals surface area contributed by atoms with Crippen molar-refractivity contribution in [1.29, 1.82) is 0 Å². The van der Waals surface area contributed by atoms with Gasteiger partial charge < -0.3 is 14.5 Å². The summed E-state index contributed by atoms with van der Waals surface area (Å²) in [5.74, 6) is 0.191. The number of hydrogen-bond acceptors (Lipinski definition) is 4. The highest BCUT2D eigenvalue weighted by Gasteiger charge is 2.11. The van der Waals surface area contributed by atoms with Crippen molar-refractivity contribution in [3.8, 4) is 5.75 Å². The van der Waals surface area contributed by atoms with E-state index in [0.717, 1.165) is 6.42 Å². The molecule has 25 heavy (non-hydrogen) atoms. The number of pyridine rings is 1. The minimum Gasteiger partial charge on any atom is -0.488 e. The van der Waals surface area contributed by atoms with Crippen molar-refractivity contribution in [2.45, 2.75) is 26.9 Å². The highest BCUT2D eigenvalue weighted by Crippen LogP contribution is 2.23. The number of rotatable bonds is 7. The van der Waals surface area contributed by atoms with Crippen LogP contribution in [0.3, 0.4) is 0 Å². The zero-order valence-electron chi connectivity index (χ0n) is 14.0. The van der Waals surface area contributed by atoms with Gasteiger partial charge in [0.2, 0.25) is 5.43 Å². The largest absolute Gasteiger partial charge is 0.488 e. The number of benzene rings is 1. The number of halogens is 2. The molecule has 0 aliphatic heterocycles. The molecule has 0 bridgehead atoms. The van der Waals surface area contributed by atoms with E-state index in [-0.39, 0.29) is 28.4 Å². The number of H-pyrrole nitrogens is 1. The zero-order valence-corrected chi connectivity index (χ0v) is 15.5. The lowest BCUT2D eigenvalue weighted by Crippen LogP contribution is -2.13. The van der Waals surface area contributed by atoms with Crippen molar-refractivity contribution >= 4 is 29.2 Å². The van der Waals surface area contributed by atoms with Gasteiger partial charge in [0.05, 0.1) is 27.9 Å². The summed E-state index contributed by atoms with van der Waals surface area (Å²) < 4.78 is 10.6. The van der Waals surface area contributed by atoms with Gasteiger partial charge in [0, 0.05) is 12.3 Å². The third-order valence-electron chi connectivity index (χ3n) is 3.40. The molecule has 0 aliphatic rings. The summed E-state index contributed by atoms with van der Waals surface area (Å²) in [6.45, 7) is 4.57. The van der Waals surface area contributed by atoms with Crippen LogP contribution in [0, 0.1) is 5.92 Å². The summed E-state index contributed by atoms with van der Waals surface area (Å²) in [6.07, 6.45) is 2.34. The van der Waals surface area contributed by atoms with Crippen molar-refractivity contribution < 1.29 is 14.3 Å². The quantitative estimate of drug-likeness (QED) is 0.716. The van der Waals surface area contributed by atoms with E-state index in [0.29, 0.717) is 23.2 Å². The topological polar surface area (TPSA) is 68.4 Å². The SMILES string of the molecule is CC(C)CCOc1c[nH]c(COC(=O)c2ccc(Cl)c(Cl)c2)cc1=O. The van der Waals surface area contributed by atoms with E-state index >= 15 is 0 Å². The normalized spacial score (nSPS) is 10.8. The smallest absolute Gasteiger partial charge is 0.338 e. The molecule has 0 spiro atoms. The molecule has 0 radical (unpaired) electrons. The highest BCUT2D eigenvalue weighted by molar-refractivity contribution is 6.42. The minimum absolute atomic E-state index is 0.0689. The Morgan fingerprint density at radius 3 is 2.60 bits per heavy atom. The molecule has 1 aromatic heterocycles. The van der Waals surface area contributed by atoms with Crippen LogP contribution in [0.5, 0.6) is 5.75 Å². The van der Waals surface area contributed by atoms with Crippen molar-refractivity contribution in [2.75, 3.05) is 6.61 Å². The number of aromatic amines is 1. The van der Waals surface area contributed by atoms with Crippen molar-refractivity contribution in [3.63, 3.8) is 0 Å². The Labute approximate surface area is 155 Å². The van der Waals surface area contributed by atoms with Crippen molar-refractivity contribution in [3.05, 3.63) is 62.0 Å². The molecular weight excluding hydrogens is 365 g/mol. The summed E-state index contributed by atoms with van der Waals surface area (Å²) >= 11 is 11.7. The number of esters is 1. The van der Waals surface area contributed by atoms with Gasteiger partial charge in [-0.05, 0) is 30.5 Å². The molecule has 0 fully saturated rings. The number of ether oxygens (including phenoxy) is 2. The maximum absolute atomic E-state index is 12.0. The van der Waals surface area contributed by atoms with Crippen LogP contribution in [0.4, 0.5) is 0 Å². The lowest BCUT2D eigenvalue weighted by Gasteiger charge is -2.09. The standard InChI is InChI=1S/C18H19Cl2NO4/c1-11(2)5-6-24-17-9-21-13(8-16(17)22)10-25-18(23)12-3-4-14(19)15(20)7-12/h3-4,7-9,11H,5-6,10H2,1-2H3,(H,21,22). The van der Waals surface area contributed by atoms with E-state index in [4.69, 9.17) is 32.7 Å². The minimum atomic E-state index is -0.559. The molecule has 134 valence electrons. The fourth-order valence-corrected chi connectivity index (χ4v) is 2.25. The van der Waals surface area contributed by atoms with Crippen LogP contribution in [0.1, 0.15) is 36.3 Å². The van der Waals surface area contributed by atoms with Gasteiger partial charge in [-0.25, -0.2) is 4.79 Å². The predicted octanol–water partition coefficient (Wildman–Crippen LogP) is 4.46. The maximum Gasteiger partial charge on any atom is 0.338 e. The van der Waals surface area contributed by atoms with Gasteiger partial charge in [-0.2, -0.15) is 0 Å². The van der Waals surface area contributed by atoms with Gasteiger partial charge in [0.25, 0.3) is 0 Å². The summed E-state index contributed by atoms with van der Waals surface area (Å²) in [4.78, 5) is 26.9. The van der Waals surface area contributed by atoms with Crippen LogP contribution in [0.2, 0.25) is 10.0 Å². The van der Waals surface area contributed by atoms with Crippen LogP contribution in [-0.4, -0.2) is 17.6 Å². The van der Waals surface area contributed by atoms with Crippen LogP contribution in [0.25, 0.3) is 0 Å². The first-order chi connectivity index (χ1) is 11.9. The molecule has 0 saturated carbocycles. The monoisotopic (exact) mass is 383 g/mol. The number of carbonyl (C=O) groups excluding carboxylic acids is 1. The maximum atomic E-state index is 12.0. The third-order valence-corrected chi connectivity index (χ3v) is 4.14. The van der Waals surface area contributed by atoms with Crippen molar-refractivity contribution in [1.82, 2.24) is 4.98 Å². The average molecular weight is 384 g/mol. The highest BCUT2D eigenvalue weighted by atomic mass is 35.5. The fraction of sp³-hybridized carbons (Fsp3) is 0.333. The Balaban J connectivity index is 1.94. The Bertz CT molecular complexity index is 802. The molecule has 0 saturated heterocycles. The fourth-order valence-electron chi connectivity index (χ4n) is 1.95. The second-order valence-corrected chi connectivity index (χ2v) is 6.74. The van der Waals surface area contributed by atoms with E-state index in [1.807, 2.05) is 0 Å². The molecule has 0 unspecified atom stereocenters. The Morgan fingerprint density at radius 1 is 1.20 bits per heavy atom. The van der Waals surface area contributed by atoms with Crippen LogP contribution in [-0.2, 0) is 11.3 Å². The number of aromatic nitrogens is 1. The molecular formula is C18H19Cl2NO4. The Hall–Kier alpha value is -1.98. The lowest BCUT2D eigenvalue weighted by atomic mass is 10.1.